The second-order valence-corrected chi connectivity index (χ2v) is 12.4. The molecule has 7 heteroatoms. The van der Waals surface area contributed by atoms with Gasteiger partial charge in [0.15, 0.2) is 0 Å². The molecule has 0 spiro atoms. The van der Waals surface area contributed by atoms with Gasteiger partial charge in [-0.05, 0) is 12.8 Å². The Morgan fingerprint density at radius 2 is 0.333 bits per heavy atom. The van der Waals surface area contributed by atoms with Crippen molar-refractivity contribution in [2.75, 3.05) is 92.5 Å². The Kier molecular flexibility index (Phi) is 43.4. The van der Waals surface area contributed by atoms with E-state index in [2.05, 4.69) is 13.8 Å². The van der Waals surface area contributed by atoms with Crippen LogP contribution in [-0.4, -0.2) is 92.5 Å². The van der Waals surface area contributed by atoms with Gasteiger partial charge >= 0.3 is 0 Å². The number of unbranched alkanes of at least 4 members (excludes halogenated alkanes) is 20. The van der Waals surface area contributed by atoms with Crippen molar-refractivity contribution in [2.45, 2.75) is 155 Å². The van der Waals surface area contributed by atoms with E-state index in [0.717, 1.165) is 26.1 Å². The highest BCUT2D eigenvalue weighted by Crippen LogP contribution is 2.13. The minimum atomic E-state index is 0.568. The quantitative estimate of drug-likeness (QED) is 0.0612. The number of ether oxygens (including phenoxy) is 7. The van der Waals surface area contributed by atoms with Gasteiger partial charge in [-0.2, -0.15) is 0 Å². The largest absolute Gasteiger partial charge is 0.379 e. The Bertz CT molecular complexity index is 453. The molecule has 7 nitrogen and oxygen atoms in total. The minimum Gasteiger partial charge on any atom is -0.379 e. The van der Waals surface area contributed by atoms with Crippen LogP contribution in [0.2, 0.25) is 0 Å². The molecule has 0 aromatic rings. The predicted octanol–water partition coefficient (Wildman–Crippen LogP) is 9.72. The second-order valence-electron chi connectivity index (χ2n) is 12.4. The van der Waals surface area contributed by atoms with Crippen LogP contribution < -0.4 is 0 Å². The molecule has 0 aliphatic heterocycles. The van der Waals surface area contributed by atoms with E-state index in [-0.39, 0.29) is 0 Å². The van der Waals surface area contributed by atoms with Crippen LogP contribution in [0.15, 0.2) is 0 Å². The molecule has 0 saturated heterocycles. The van der Waals surface area contributed by atoms with Crippen molar-refractivity contribution in [3.63, 3.8) is 0 Å². The van der Waals surface area contributed by atoms with Crippen LogP contribution >= 0.6 is 0 Å². The highest BCUT2D eigenvalue weighted by atomic mass is 16.6. The summed E-state index contributed by atoms with van der Waals surface area (Å²) in [5.74, 6) is 0. The topological polar surface area (TPSA) is 64.6 Å². The molecule has 0 heterocycles. The summed E-state index contributed by atoms with van der Waals surface area (Å²) in [6, 6.07) is 0. The van der Waals surface area contributed by atoms with Crippen molar-refractivity contribution in [3.05, 3.63) is 0 Å². The molecule has 272 valence electrons. The molecule has 0 aliphatic carbocycles. The summed E-state index contributed by atoms with van der Waals surface area (Å²) in [4.78, 5) is 0. The average Bonchev–Trinajstić information content (AvgIpc) is 3.05. The van der Waals surface area contributed by atoms with Crippen molar-refractivity contribution < 1.29 is 33.2 Å². The predicted molar refractivity (Wildman–Crippen MR) is 189 cm³/mol. The van der Waals surface area contributed by atoms with E-state index in [0.29, 0.717) is 79.3 Å². The second kappa shape index (κ2) is 43.7. The highest BCUT2D eigenvalue weighted by Gasteiger charge is 1.97. The summed E-state index contributed by atoms with van der Waals surface area (Å²) in [5, 5.41) is 0. The molecule has 0 unspecified atom stereocenters. The zero-order chi connectivity index (χ0) is 32.4. The Balaban J connectivity index is 3.03. The molecule has 0 aromatic heterocycles. The zero-order valence-corrected chi connectivity index (χ0v) is 30.3. The van der Waals surface area contributed by atoms with Crippen LogP contribution in [0.1, 0.15) is 155 Å². The van der Waals surface area contributed by atoms with E-state index < -0.39 is 0 Å². The Labute approximate surface area is 280 Å². The maximum atomic E-state index is 5.68. The fourth-order valence-electron chi connectivity index (χ4n) is 5.16. The first-order valence-corrected chi connectivity index (χ1v) is 19.5. The molecule has 0 saturated carbocycles. The van der Waals surface area contributed by atoms with Crippen LogP contribution in [-0.2, 0) is 33.2 Å². The molecule has 45 heavy (non-hydrogen) atoms. The molecule has 0 aromatic carbocycles. The average molecular weight is 647 g/mol. The molecule has 0 N–H and O–H groups in total. The van der Waals surface area contributed by atoms with E-state index in [1.165, 1.54) is 128 Å². The molecule has 0 atom stereocenters. The third-order valence-electron chi connectivity index (χ3n) is 8.02. The highest BCUT2D eigenvalue weighted by molar-refractivity contribution is 4.50. The first kappa shape index (κ1) is 44.7. The van der Waals surface area contributed by atoms with Gasteiger partial charge in [-0.15, -0.1) is 0 Å². The lowest BCUT2D eigenvalue weighted by atomic mass is 10.0. The monoisotopic (exact) mass is 647 g/mol. The molecule has 0 amide bonds. The summed E-state index contributed by atoms with van der Waals surface area (Å²) in [6.07, 6.45) is 30.0. The van der Waals surface area contributed by atoms with E-state index in [1.54, 1.807) is 0 Å². The SMILES string of the molecule is CCCCCCCCCCCCCCCCOCCOCCOCCOCCOCCOCCOCCCCCCCCCC. The maximum Gasteiger partial charge on any atom is 0.0701 e. The number of rotatable bonds is 42. The van der Waals surface area contributed by atoms with Crippen LogP contribution in [0.3, 0.4) is 0 Å². The van der Waals surface area contributed by atoms with Crippen LogP contribution in [0.4, 0.5) is 0 Å². The lowest BCUT2D eigenvalue weighted by Gasteiger charge is -2.08. The van der Waals surface area contributed by atoms with Crippen molar-refractivity contribution in [2.24, 2.45) is 0 Å². The van der Waals surface area contributed by atoms with Crippen LogP contribution in [0, 0.1) is 0 Å². The van der Waals surface area contributed by atoms with E-state index in [9.17, 15) is 0 Å². The van der Waals surface area contributed by atoms with Crippen molar-refractivity contribution in [1.29, 1.82) is 0 Å². The Hall–Kier alpha value is -0.280. The Morgan fingerprint density at radius 3 is 0.533 bits per heavy atom. The van der Waals surface area contributed by atoms with Crippen molar-refractivity contribution in [1.82, 2.24) is 0 Å². The van der Waals surface area contributed by atoms with Gasteiger partial charge in [0.1, 0.15) is 0 Å². The lowest BCUT2D eigenvalue weighted by molar-refractivity contribution is -0.0206. The molecule has 0 rings (SSSR count). The third kappa shape index (κ3) is 43.7. The summed E-state index contributed by atoms with van der Waals surface area (Å²) < 4.78 is 39.0. The number of hydrogen-bond acceptors (Lipinski definition) is 7. The summed E-state index contributed by atoms with van der Waals surface area (Å²) in [6.45, 7) is 13.5. The maximum absolute atomic E-state index is 5.68. The lowest BCUT2D eigenvalue weighted by Crippen LogP contribution is -2.14. The molecule has 0 bridgehead atoms. The normalized spacial score (nSPS) is 11.6. The molecule has 0 radical (unpaired) electrons. The van der Waals surface area contributed by atoms with Gasteiger partial charge in [0.25, 0.3) is 0 Å². The van der Waals surface area contributed by atoms with Crippen molar-refractivity contribution >= 4 is 0 Å². The fourth-order valence-corrected chi connectivity index (χ4v) is 5.16. The van der Waals surface area contributed by atoms with Gasteiger partial charge in [-0.25, -0.2) is 0 Å². The van der Waals surface area contributed by atoms with Crippen LogP contribution in [0.5, 0.6) is 0 Å². The van der Waals surface area contributed by atoms with Gasteiger partial charge in [0, 0.05) is 13.2 Å². The van der Waals surface area contributed by atoms with E-state index >= 15 is 0 Å². The van der Waals surface area contributed by atoms with E-state index in [4.69, 9.17) is 33.2 Å². The number of hydrogen-bond donors (Lipinski definition) is 0. The van der Waals surface area contributed by atoms with Gasteiger partial charge in [0.2, 0.25) is 0 Å². The third-order valence-corrected chi connectivity index (χ3v) is 8.02. The minimum absolute atomic E-state index is 0.568. The summed E-state index contributed by atoms with van der Waals surface area (Å²) >= 11 is 0. The van der Waals surface area contributed by atoms with Crippen molar-refractivity contribution in [3.8, 4) is 0 Å². The van der Waals surface area contributed by atoms with E-state index in [1.807, 2.05) is 0 Å². The molecular formula is C38H78O7. The smallest absolute Gasteiger partial charge is 0.0701 e. The standard InChI is InChI=1S/C38H78O7/c1-3-5-7-9-11-13-14-15-16-17-18-20-22-24-26-40-28-30-42-32-34-44-36-38-45-37-35-43-33-31-41-29-27-39-25-23-21-19-12-10-8-6-4-2/h3-38H2,1-2H3. The zero-order valence-electron chi connectivity index (χ0n) is 30.3. The molecule has 0 aliphatic rings. The molecular weight excluding hydrogens is 568 g/mol. The van der Waals surface area contributed by atoms with Gasteiger partial charge in [-0.1, -0.05) is 142 Å². The first-order chi connectivity index (χ1) is 22.4. The van der Waals surface area contributed by atoms with Gasteiger partial charge in [-0.3, -0.25) is 0 Å². The van der Waals surface area contributed by atoms with Gasteiger partial charge in [0.05, 0.1) is 79.3 Å². The summed E-state index contributed by atoms with van der Waals surface area (Å²) in [7, 11) is 0. The Morgan fingerprint density at radius 1 is 0.178 bits per heavy atom. The first-order valence-electron chi connectivity index (χ1n) is 19.5. The molecule has 0 fully saturated rings. The summed E-state index contributed by atoms with van der Waals surface area (Å²) in [5.41, 5.74) is 0. The fraction of sp³-hybridized carbons (Fsp3) is 1.00. The van der Waals surface area contributed by atoms with Crippen LogP contribution in [0.25, 0.3) is 0 Å². The van der Waals surface area contributed by atoms with Gasteiger partial charge < -0.3 is 33.2 Å².